The number of nitrogens with zero attached hydrogens (tertiary/aromatic N) is 5. The summed E-state index contributed by atoms with van der Waals surface area (Å²) in [4.78, 5) is 13.6. The van der Waals surface area contributed by atoms with Crippen molar-refractivity contribution in [2.45, 2.75) is 6.92 Å². The molecule has 0 spiro atoms. The normalized spacial score (nSPS) is 10.2. The highest BCUT2D eigenvalue weighted by Crippen LogP contribution is 2.33. The van der Waals surface area contributed by atoms with Gasteiger partial charge in [-0.05, 0) is 49.4 Å². The van der Waals surface area contributed by atoms with Crippen molar-refractivity contribution >= 4 is 47.4 Å². The Morgan fingerprint density at radius 1 is 0.973 bits per heavy atom. The topological polar surface area (TPSA) is 111 Å². The summed E-state index contributed by atoms with van der Waals surface area (Å²) in [5.74, 6) is 1.73. The molecular weight excluding hydrogens is 522 g/mol. The molecule has 0 saturated carbocycles. The molecule has 0 radical (unpaired) electrons. The molecule has 0 bridgehead atoms. The molecule has 0 fully saturated rings. The Bertz CT molecular complexity index is 1520. The van der Waals surface area contributed by atoms with Crippen molar-refractivity contribution < 1.29 is 19.3 Å². The van der Waals surface area contributed by atoms with Crippen molar-refractivity contribution in [1.29, 1.82) is 0 Å². The molecule has 12 heteroatoms. The minimum Gasteiger partial charge on any atom is -0.497 e. The zero-order chi connectivity index (χ0) is 23.8. The molecule has 0 aliphatic carbocycles. The molecule has 3 heterocycles. The van der Waals surface area contributed by atoms with Crippen LogP contribution in [0.2, 0.25) is 0 Å². The third kappa shape index (κ3) is 5.46. The number of aromatic nitrogens is 5. The quantitative estimate of drug-likeness (QED) is 0.318. The number of aryl methyl sites for hydroxylation is 2. The fourth-order valence-electron chi connectivity index (χ4n) is 3.90. The molecule has 0 unspecified atom stereocenters. The molecule has 3 N–H and O–H groups in total. The van der Waals surface area contributed by atoms with Gasteiger partial charge in [-0.3, -0.25) is 0 Å². The Kier molecular flexibility index (Phi) is 9.46. The first-order chi connectivity index (χ1) is 16.5. The van der Waals surface area contributed by atoms with Crippen LogP contribution >= 0.6 is 24.8 Å². The molecule has 0 aliphatic rings. The first-order valence-electron chi connectivity index (χ1n) is 10.6. The number of methoxy groups -OCH3 is 2. The lowest BCUT2D eigenvalue weighted by atomic mass is 10.2. The number of nitrogens with one attached hydrogen (secondary N) is 1. The van der Waals surface area contributed by atoms with Gasteiger partial charge >= 0.3 is 0 Å². The number of fused-ring (bicyclic) bond motifs is 1. The fourth-order valence-corrected chi connectivity index (χ4v) is 3.90. The van der Waals surface area contributed by atoms with E-state index in [1.54, 1.807) is 32.7 Å². The van der Waals surface area contributed by atoms with E-state index in [4.69, 9.17) is 14.5 Å². The van der Waals surface area contributed by atoms with Gasteiger partial charge in [0.15, 0.2) is 0 Å². The summed E-state index contributed by atoms with van der Waals surface area (Å²) in [6.45, 7) is 1.92. The third-order valence-electron chi connectivity index (χ3n) is 5.61. The van der Waals surface area contributed by atoms with Crippen LogP contribution in [0.4, 0.5) is 15.9 Å². The average Bonchev–Trinajstić information content (AvgIpc) is 3.43. The lowest BCUT2D eigenvalue weighted by molar-refractivity contribution is 0.396. The molecule has 0 atom stereocenters. The number of hydrogen-bond acceptors (Lipinski definition) is 6. The highest BCUT2D eigenvalue weighted by atomic mass is 35.5. The van der Waals surface area contributed by atoms with Crippen molar-refractivity contribution in [3.63, 3.8) is 0 Å². The molecular formula is C25H27Cl2FN6O3. The van der Waals surface area contributed by atoms with Crippen LogP contribution in [0.1, 0.15) is 5.69 Å². The summed E-state index contributed by atoms with van der Waals surface area (Å²) < 4.78 is 29.2. The van der Waals surface area contributed by atoms with E-state index in [1.807, 2.05) is 59.6 Å². The van der Waals surface area contributed by atoms with Crippen LogP contribution in [0.5, 0.6) is 11.6 Å². The molecule has 196 valence electrons. The fraction of sp³-hybridized carbons (Fsp3) is 0.160. The van der Waals surface area contributed by atoms with Crippen molar-refractivity contribution in [2.24, 2.45) is 7.05 Å². The third-order valence-corrected chi connectivity index (χ3v) is 5.61. The van der Waals surface area contributed by atoms with Gasteiger partial charge in [0.25, 0.3) is 0 Å². The molecule has 5 aromatic rings. The van der Waals surface area contributed by atoms with Crippen LogP contribution in [-0.2, 0) is 7.05 Å². The summed E-state index contributed by atoms with van der Waals surface area (Å²) in [7, 11) is 4.98. The Morgan fingerprint density at radius 3 is 2.43 bits per heavy atom. The maximum absolute atomic E-state index is 14.7. The van der Waals surface area contributed by atoms with Gasteiger partial charge in [-0.2, -0.15) is 4.98 Å². The summed E-state index contributed by atoms with van der Waals surface area (Å²) >= 11 is 0. The summed E-state index contributed by atoms with van der Waals surface area (Å²) in [5.41, 5.74) is 4.32. The van der Waals surface area contributed by atoms with Crippen LogP contribution in [0.3, 0.4) is 0 Å². The number of imidazole rings is 2. The Hall–Kier alpha value is -3.86. The SMILES string of the molecule is COc1ccc(F)c(-c2nc3c(Nc4ccc(-n5cnc(C)c5)c(OC)n4)cccc3n2C)c1.Cl.Cl.O. The second kappa shape index (κ2) is 11.9. The Balaban J connectivity index is 0.00000160. The standard InChI is InChI=1S/C25H23FN6O2.2ClH.H2O/c1-15-13-32(14-27-15)21-10-11-22(29-25(21)34-4)28-19-6-5-7-20-23(19)30-24(31(20)2)17-12-16(33-3)8-9-18(17)26;;;/h5-14H,1-4H3,(H,28,29);2*1H;1H2. The number of ether oxygens (including phenoxy) is 2. The maximum Gasteiger partial charge on any atom is 0.240 e. The predicted molar refractivity (Wildman–Crippen MR) is 147 cm³/mol. The van der Waals surface area contributed by atoms with Gasteiger partial charge in [-0.15, -0.1) is 24.8 Å². The molecule has 37 heavy (non-hydrogen) atoms. The van der Waals surface area contributed by atoms with E-state index in [9.17, 15) is 4.39 Å². The van der Waals surface area contributed by atoms with Crippen molar-refractivity contribution in [3.8, 4) is 28.7 Å². The van der Waals surface area contributed by atoms with Crippen molar-refractivity contribution in [1.82, 2.24) is 24.1 Å². The van der Waals surface area contributed by atoms with Gasteiger partial charge in [0, 0.05) is 13.2 Å². The number of hydrogen-bond donors (Lipinski definition) is 1. The smallest absolute Gasteiger partial charge is 0.240 e. The lowest BCUT2D eigenvalue weighted by Gasteiger charge is -2.11. The van der Waals surface area contributed by atoms with Crippen LogP contribution in [0.15, 0.2) is 61.1 Å². The lowest BCUT2D eigenvalue weighted by Crippen LogP contribution is -2.01. The van der Waals surface area contributed by atoms with Gasteiger partial charge < -0.3 is 29.4 Å². The molecule has 0 aliphatic heterocycles. The van der Waals surface area contributed by atoms with Gasteiger partial charge in [0.2, 0.25) is 5.88 Å². The first-order valence-corrected chi connectivity index (χ1v) is 10.6. The highest BCUT2D eigenvalue weighted by Gasteiger charge is 2.17. The Labute approximate surface area is 225 Å². The van der Waals surface area contributed by atoms with Gasteiger partial charge in [0.1, 0.15) is 34.4 Å². The average molecular weight is 549 g/mol. The van der Waals surface area contributed by atoms with Crippen LogP contribution < -0.4 is 14.8 Å². The minimum atomic E-state index is -0.370. The maximum atomic E-state index is 14.7. The predicted octanol–water partition coefficient (Wildman–Crippen LogP) is 5.05. The largest absolute Gasteiger partial charge is 0.497 e. The number of para-hydroxylation sites is 1. The second-order valence-corrected chi connectivity index (χ2v) is 7.79. The summed E-state index contributed by atoms with van der Waals surface area (Å²) in [5, 5.41) is 3.32. The zero-order valence-corrected chi connectivity index (χ0v) is 22.2. The number of halogens is 3. The summed E-state index contributed by atoms with van der Waals surface area (Å²) in [6, 6.07) is 14.1. The van der Waals surface area contributed by atoms with Gasteiger partial charge in [-0.25, -0.2) is 14.4 Å². The van der Waals surface area contributed by atoms with Gasteiger partial charge in [-0.1, -0.05) is 6.07 Å². The molecule has 0 amide bonds. The molecule has 9 nitrogen and oxygen atoms in total. The van der Waals surface area contributed by atoms with Crippen LogP contribution in [0.25, 0.3) is 28.1 Å². The van der Waals surface area contributed by atoms with Crippen LogP contribution in [-0.4, -0.2) is 43.8 Å². The number of benzene rings is 2. The number of pyridine rings is 1. The zero-order valence-electron chi connectivity index (χ0n) is 20.5. The molecule has 3 aromatic heterocycles. The van der Waals surface area contributed by atoms with E-state index < -0.39 is 0 Å². The monoisotopic (exact) mass is 548 g/mol. The highest BCUT2D eigenvalue weighted by molar-refractivity contribution is 5.92. The molecule has 5 rings (SSSR count). The molecule has 0 saturated heterocycles. The van der Waals surface area contributed by atoms with Crippen molar-refractivity contribution in [2.75, 3.05) is 19.5 Å². The van der Waals surface area contributed by atoms with E-state index >= 15 is 0 Å². The number of anilines is 2. The first kappa shape index (κ1) is 29.4. The van der Waals surface area contributed by atoms with Crippen LogP contribution in [0, 0.1) is 12.7 Å². The minimum absolute atomic E-state index is 0. The van der Waals surface area contributed by atoms with Crippen molar-refractivity contribution in [3.05, 3.63) is 72.6 Å². The Morgan fingerprint density at radius 2 is 1.76 bits per heavy atom. The number of rotatable bonds is 6. The molecule has 2 aromatic carbocycles. The van der Waals surface area contributed by atoms with E-state index in [0.29, 0.717) is 34.4 Å². The van der Waals surface area contributed by atoms with Gasteiger partial charge in [0.05, 0.1) is 43.0 Å². The van der Waals surface area contributed by atoms with E-state index in [0.717, 1.165) is 22.6 Å². The van der Waals surface area contributed by atoms with E-state index in [-0.39, 0.29) is 36.1 Å². The van der Waals surface area contributed by atoms with E-state index in [1.165, 1.54) is 6.07 Å². The summed E-state index contributed by atoms with van der Waals surface area (Å²) in [6.07, 6.45) is 3.62. The second-order valence-electron chi connectivity index (χ2n) is 7.79. The van der Waals surface area contributed by atoms with E-state index in [2.05, 4.69) is 15.3 Å².